The SMILES string of the molecule is N#Cc1cccnc1C1=CC(O)c2ccccc21. The normalized spacial score (nSPS) is 16.9. The van der Waals surface area contributed by atoms with E-state index in [0.29, 0.717) is 11.3 Å². The zero-order valence-electron chi connectivity index (χ0n) is 9.54. The minimum atomic E-state index is -0.621. The zero-order valence-corrected chi connectivity index (χ0v) is 9.54. The lowest BCUT2D eigenvalue weighted by molar-refractivity contribution is 0.232. The number of nitriles is 1. The molecule has 1 unspecified atom stereocenters. The van der Waals surface area contributed by atoms with Crippen LogP contribution in [0, 0.1) is 11.3 Å². The summed E-state index contributed by atoms with van der Waals surface area (Å²) in [5.41, 5.74) is 3.79. The maximum absolute atomic E-state index is 9.99. The van der Waals surface area contributed by atoms with E-state index in [-0.39, 0.29) is 0 Å². The molecule has 1 aliphatic rings. The first-order chi connectivity index (χ1) is 8.81. The number of benzene rings is 1. The summed E-state index contributed by atoms with van der Waals surface area (Å²) in [5, 5.41) is 19.1. The van der Waals surface area contributed by atoms with Crippen molar-refractivity contribution in [1.29, 1.82) is 5.26 Å². The molecule has 3 heteroatoms. The number of hydrogen-bond acceptors (Lipinski definition) is 3. The maximum atomic E-state index is 9.99. The third-order valence-electron chi connectivity index (χ3n) is 3.08. The van der Waals surface area contributed by atoms with Crippen molar-refractivity contribution in [3.05, 3.63) is 71.1 Å². The molecule has 1 heterocycles. The van der Waals surface area contributed by atoms with Crippen molar-refractivity contribution < 1.29 is 5.11 Å². The van der Waals surface area contributed by atoms with Crippen LogP contribution in [0.2, 0.25) is 0 Å². The number of fused-ring (bicyclic) bond motifs is 1. The number of aromatic nitrogens is 1. The summed E-state index contributed by atoms with van der Waals surface area (Å²) >= 11 is 0. The lowest BCUT2D eigenvalue weighted by atomic mass is 10.0. The number of aliphatic hydroxyl groups excluding tert-OH is 1. The third kappa shape index (κ3) is 1.52. The third-order valence-corrected chi connectivity index (χ3v) is 3.08. The van der Waals surface area contributed by atoms with Gasteiger partial charge in [-0.3, -0.25) is 4.98 Å². The van der Waals surface area contributed by atoms with Crippen LogP contribution in [0.4, 0.5) is 0 Å². The van der Waals surface area contributed by atoms with E-state index in [2.05, 4.69) is 11.1 Å². The lowest BCUT2D eigenvalue weighted by Gasteiger charge is -2.06. The minimum absolute atomic E-state index is 0.521. The average Bonchev–Trinajstić information content (AvgIpc) is 2.77. The fourth-order valence-corrected chi connectivity index (χ4v) is 2.25. The molecule has 1 aromatic heterocycles. The molecule has 2 aromatic rings. The van der Waals surface area contributed by atoms with Gasteiger partial charge in [-0.2, -0.15) is 5.26 Å². The first-order valence-corrected chi connectivity index (χ1v) is 5.66. The van der Waals surface area contributed by atoms with E-state index in [1.54, 1.807) is 24.4 Å². The van der Waals surface area contributed by atoms with Crippen molar-refractivity contribution >= 4 is 5.57 Å². The number of nitrogens with zero attached hydrogens (tertiary/aromatic N) is 2. The van der Waals surface area contributed by atoms with Gasteiger partial charge < -0.3 is 5.11 Å². The average molecular weight is 234 g/mol. The van der Waals surface area contributed by atoms with Crippen LogP contribution in [0.5, 0.6) is 0 Å². The van der Waals surface area contributed by atoms with Gasteiger partial charge in [-0.05, 0) is 29.3 Å². The quantitative estimate of drug-likeness (QED) is 0.824. The Morgan fingerprint density at radius 3 is 2.83 bits per heavy atom. The topological polar surface area (TPSA) is 56.9 Å². The maximum Gasteiger partial charge on any atom is 0.101 e. The largest absolute Gasteiger partial charge is 0.384 e. The van der Waals surface area contributed by atoms with Crippen molar-refractivity contribution in [3.63, 3.8) is 0 Å². The molecule has 0 fully saturated rings. The van der Waals surface area contributed by atoms with Gasteiger partial charge in [0.25, 0.3) is 0 Å². The predicted octanol–water partition coefficient (Wildman–Crippen LogP) is 2.43. The van der Waals surface area contributed by atoms with Gasteiger partial charge in [-0.1, -0.05) is 24.3 Å². The zero-order chi connectivity index (χ0) is 12.5. The summed E-state index contributed by atoms with van der Waals surface area (Å²) in [6.45, 7) is 0. The molecule has 0 aliphatic heterocycles. The number of pyridine rings is 1. The summed E-state index contributed by atoms with van der Waals surface area (Å²) in [4.78, 5) is 4.26. The number of rotatable bonds is 1. The molecule has 1 atom stereocenters. The van der Waals surface area contributed by atoms with Crippen molar-refractivity contribution in [2.45, 2.75) is 6.10 Å². The summed E-state index contributed by atoms with van der Waals surface area (Å²) in [7, 11) is 0. The number of hydrogen-bond donors (Lipinski definition) is 1. The smallest absolute Gasteiger partial charge is 0.101 e. The molecule has 0 spiro atoms. The second-order valence-electron chi connectivity index (χ2n) is 4.12. The predicted molar refractivity (Wildman–Crippen MR) is 67.4 cm³/mol. The van der Waals surface area contributed by atoms with Crippen LogP contribution >= 0.6 is 0 Å². The van der Waals surface area contributed by atoms with E-state index in [0.717, 1.165) is 16.7 Å². The Hall–Kier alpha value is -2.44. The van der Waals surface area contributed by atoms with Crippen LogP contribution in [-0.2, 0) is 0 Å². The van der Waals surface area contributed by atoms with Gasteiger partial charge in [-0.15, -0.1) is 0 Å². The molecule has 3 nitrogen and oxygen atoms in total. The highest BCUT2D eigenvalue weighted by molar-refractivity contribution is 5.85. The molecule has 18 heavy (non-hydrogen) atoms. The van der Waals surface area contributed by atoms with E-state index in [4.69, 9.17) is 5.26 Å². The molecule has 0 saturated carbocycles. The van der Waals surface area contributed by atoms with E-state index in [1.807, 2.05) is 24.3 Å². The van der Waals surface area contributed by atoms with Crippen LogP contribution in [0.1, 0.15) is 28.5 Å². The fourth-order valence-electron chi connectivity index (χ4n) is 2.25. The van der Waals surface area contributed by atoms with Crippen molar-refractivity contribution in [1.82, 2.24) is 4.98 Å². The Labute approximate surface area is 105 Å². The fraction of sp³-hybridized carbons (Fsp3) is 0.0667. The summed E-state index contributed by atoms with van der Waals surface area (Å²) in [6, 6.07) is 13.2. The lowest BCUT2D eigenvalue weighted by Crippen LogP contribution is -1.94. The van der Waals surface area contributed by atoms with Crippen LogP contribution in [-0.4, -0.2) is 10.1 Å². The molecule has 0 radical (unpaired) electrons. The molecule has 1 aliphatic carbocycles. The van der Waals surface area contributed by atoms with Gasteiger partial charge in [0, 0.05) is 11.8 Å². The van der Waals surface area contributed by atoms with Gasteiger partial charge in [0.15, 0.2) is 0 Å². The Balaban J connectivity index is 2.21. The van der Waals surface area contributed by atoms with Gasteiger partial charge >= 0.3 is 0 Å². The van der Waals surface area contributed by atoms with Crippen LogP contribution in [0.15, 0.2) is 48.7 Å². The Morgan fingerprint density at radius 2 is 2.00 bits per heavy atom. The van der Waals surface area contributed by atoms with Gasteiger partial charge in [0.2, 0.25) is 0 Å². The van der Waals surface area contributed by atoms with Crippen LogP contribution in [0.25, 0.3) is 5.57 Å². The molecule has 3 rings (SSSR count). The number of aliphatic hydroxyl groups is 1. The first kappa shape index (κ1) is 10.7. The second kappa shape index (κ2) is 4.10. The molecular formula is C15H10N2O. The molecule has 0 amide bonds. The highest BCUT2D eigenvalue weighted by atomic mass is 16.3. The summed E-state index contributed by atoms with van der Waals surface area (Å²) in [6.07, 6.45) is 2.78. The Morgan fingerprint density at radius 1 is 1.17 bits per heavy atom. The monoisotopic (exact) mass is 234 g/mol. The van der Waals surface area contributed by atoms with E-state index in [1.165, 1.54) is 0 Å². The van der Waals surface area contributed by atoms with Gasteiger partial charge in [0.05, 0.1) is 17.4 Å². The van der Waals surface area contributed by atoms with Crippen molar-refractivity contribution in [3.8, 4) is 6.07 Å². The molecule has 0 saturated heterocycles. The van der Waals surface area contributed by atoms with Crippen molar-refractivity contribution in [2.75, 3.05) is 0 Å². The standard InChI is InChI=1S/C15H10N2O/c16-9-10-4-3-7-17-15(10)13-8-14(18)12-6-2-1-5-11(12)13/h1-8,14,18H. The highest BCUT2D eigenvalue weighted by Gasteiger charge is 2.24. The van der Waals surface area contributed by atoms with Crippen LogP contribution in [0.3, 0.4) is 0 Å². The molecule has 1 N–H and O–H groups in total. The first-order valence-electron chi connectivity index (χ1n) is 5.66. The highest BCUT2D eigenvalue weighted by Crippen LogP contribution is 2.38. The van der Waals surface area contributed by atoms with Crippen molar-refractivity contribution in [2.24, 2.45) is 0 Å². The summed E-state index contributed by atoms with van der Waals surface area (Å²) in [5.74, 6) is 0. The van der Waals surface area contributed by atoms with Crippen LogP contribution < -0.4 is 0 Å². The molecule has 86 valence electrons. The van der Waals surface area contributed by atoms with E-state index < -0.39 is 6.10 Å². The molecule has 0 bridgehead atoms. The molecule has 1 aromatic carbocycles. The van der Waals surface area contributed by atoms with Gasteiger partial charge in [-0.25, -0.2) is 0 Å². The molecular weight excluding hydrogens is 224 g/mol. The Bertz CT molecular complexity index is 683. The summed E-state index contributed by atoms with van der Waals surface area (Å²) < 4.78 is 0. The van der Waals surface area contributed by atoms with E-state index in [9.17, 15) is 5.11 Å². The second-order valence-corrected chi connectivity index (χ2v) is 4.12. The Kier molecular flexibility index (Phi) is 2.44. The van der Waals surface area contributed by atoms with E-state index >= 15 is 0 Å². The minimum Gasteiger partial charge on any atom is -0.384 e. The van der Waals surface area contributed by atoms with Gasteiger partial charge in [0.1, 0.15) is 6.07 Å².